The number of hydrogen-bond donors (Lipinski definition) is 2. The average molecular weight is 447 g/mol. The van der Waals surface area contributed by atoms with Crippen molar-refractivity contribution in [2.24, 2.45) is 0 Å². The predicted octanol–water partition coefficient (Wildman–Crippen LogP) is 2.29. The summed E-state index contributed by atoms with van der Waals surface area (Å²) in [5.74, 6) is 1.44. The molecule has 3 rings (SSSR count). The van der Waals surface area contributed by atoms with Crippen LogP contribution in [0.3, 0.4) is 0 Å². The Hall–Kier alpha value is -2.65. The Morgan fingerprint density at radius 1 is 1.29 bits per heavy atom. The van der Waals surface area contributed by atoms with Gasteiger partial charge in [0.2, 0.25) is 11.8 Å². The molecule has 1 aromatic heterocycles. The van der Waals surface area contributed by atoms with Gasteiger partial charge in [0.1, 0.15) is 11.5 Å². The summed E-state index contributed by atoms with van der Waals surface area (Å²) in [6.07, 6.45) is 0.0914. The second-order valence-corrected chi connectivity index (χ2v) is 8.70. The third kappa shape index (κ3) is 6.18. The van der Waals surface area contributed by atoms with E-state index in [9.17, 15) is 9.59 Å². The number of rotatable bonds is 9. The van der Waals surface area contributed by atoms with Crippen LogP contribution in [0, 0.1) is 0 Å². The van der Waals surface area contributed by atoms with Crippen molar-refractivity contribution in [3.05, 3.63) is 39.8 Å². The third-order valence-corrected chi connectivity index (χ3v) is 6.34. The number of nitrogens with zero attached hydrogens (tertiary/aromatic N) is 2. The molecule has 0 spiro atoms. The number of aromatic nitrogens is 1. The minimum absolute atomic E-state index is 0.0914. The molecule has 2 aromatic rings. The van der Waals surface area contributed by atoms with Gasteiger partial charge in [-0.05, 0) is 17.7 Å². The monoisotopic (exact) mass is 446 g/mol. The molecular formula is C22H30N4O4S. The smallest absolute Gasteiger partial charge is 0.237 e. The number of nitrogens with one attached hydrogen (secondary N) is 2. The lowest BCUT2D eigenvalue weighted by atomic mass is 10.1. The van der Waals surface area contributed by atoms with E-state index in [0.717, 1.165) is 16.3 Å². The molecule has 0 unspecified atom stereocenters. The lowest BCUT2D eigenvalue weighted by molar-refractivity contribution is -0.134. The molecule has 8 nitrogen and oxygen atoms in total. The molecule has 0 saturated carbocycles. The van der Waals surface area contributed by atoms with Gasteiger partial charge < -0.3 is 20.1 Å². The summed E-state index contributed by atoms with van der Waals surface area (Å²) in [5.41, 5.74) is 1.80. The number of thiazole rings is 1. The Morgan fingerprint density at radius 3 is 2.61 bits per heavy atom. The van der Waals surface area contributed by atoms with Crippen LogP contribution < -0.4 is 20.1 Å². The van der Waals surface area contributed by atoms with Gasteiger partial charge in [-0.2, -0.15) is 0 Å². The summed E-state index contributed by atoms with van der Waals surface area (Å²) < 4.78 is 10.7. The highest BCUT2D eigenvalue weighted by atomic mass is 32.1. The van der Waals surface area contributed by atoms with Crippen LogP contribution in [-0.2, 0) is 22.7 Å². The lowest BCUT2D eigenvalue weighted by Gasteiger charge is -2.34. The summed E-state index contributed by atoms with van der Waals surface area (Å²) in [6, 6.07) is 5.11. The van der Waals surface area contributed by atoms with Crippen LogP contribution in [0.4, 0.5) is 0 Å². The average Bonchev–Trinajstić information content (AvgIpc) is 3.24. The van der Waals surface area contributed by atoms with E-state index >= 15 is 0 Å². The summed E-state index contributed by atoms with van der Waals surface area (Å²) in [5, 5.41) is 8.78. The van der Waals surface area contributed by atoms with Gasteiger partial charge in [0, 0.05) is 37.0 Å². The number of carbonyl (C=O) groups excluding carboxylic acids is 2. The van der Waals surface area contributed by atoms with Crippen molar-refractivity contribution in [3.63, 3.8) is 0 Å². The molecule has 9 heteroatoms. The normalized spacial score (nSPS) is 16.8. The van der Waals surface area contributed by atoms with Crippen molar-refractivity contribution >= 4 is 23.2 Å². The molecule has 2 heterocycles. The number of piperazine rings is 1. The maximum absolute atomic E-state index is 12.6. The number of methoxy groups -OCH3 is 2. The van der Waals surface area contributed by atoms with Crippen molar-refractivity contribution < 1.29 is 19.1 Å². The summed E-state index contributed by atoms with van der Waals surface area (Å²) in [4.78, 5) is 31.7. The SMILES string of the molecule is COc1cc(CN2CCNC(=O)[C@H]2CC(=O)NCc2csc(C(C)C)n2)cc(OC)c1. The zero-order chi connectivity index (χ0) is 22.4. The lowest BCUT2D eigenvalue weighted by Crippen LogP contribution is -2.56. The Kier molecular flexibility index (Phi) is 7.86. The Bertz CT molecular complexity index is 892. The van der Waals surface area contributed by atoms with Gasteiger partial charge in [-0.3, -0.25) is 14.5 Å². The number of ether oxygens (including phenoxy) is 2. The maximum atomic E-state index is 12.6. The minimum atomic E-state index is -0.535. The van der Waals surface area contributed by atoms with Crippen molar-refractivity contribution in [3.8, 4) is 11.5 Å². The van der Waals surface area contributed by atoms with E-state index in [0.29, 0.717) is 43.6 Å². The summed E-state index contributed by atoms with van der Waals surface area (Å²) in [6.45, 7) is 6.28. The third-order valence-electron chi connectivity index (χ3n) is 5.15. The number of amides is 2. The van der Waals surface area contributed by atoms with E-state index < -0.39 is 6.04 Å². The second-order valence-electron chi connectivity index (χ2n) is 7.81. The van der Waals surface area contributed by atoms with E-state index in [2.05, 4.69) is 29.5 Å². The maximum Gasteiger partial charge on any atom is 0.237 e. The molecule has 1 aliphatic heterocycles. The van der Waals surface area contributed by atoms with Gasteiger partial charge in [0.15, 0.2) is 0 Å². The van der Waals surface area contributed by atoms with Crippen LogP contribution in [0.5, 0.6) is 11.5 Å². The Labute approximate surface area is 186 Å². The van der Waals surface area contributed by atoms with Crippen LogP contribution in [0.2, 0.25) is 0 Å². The molecule has 1 aliphatic rings. The standard InChI is InChI=1S/C22H30N4O4S/c1-14(2)22-25-16(13-31-22)11-24-20(27)10-19-21(28)23-5-6-26(19)12-15-7-17(29-3)9-18(8-15)30-4/h7-9,13-14,19H,5-6,10-12H2,1-4H3,(H,23,28)(H,24,27)/t19-/m1/s1. The van der Waals surface area contributed by atoms with Crippen LogP contribution in [0.25, 0.3) is 0 Å². The topological polar surface area (TPSA) is 92.8 Å². The first-order valence-electron chi connectivity index (χ1n) is 10.3. The van der Waals surface area contributed by atoms with Gasteiger partial charge in [-0.15, -0.1) is 11.3 Å². The van der Waals surface area contributed by atoms with Crippen LogP contribution in [-0.4, -0.2) is 55.0 Å². The molecule has 1 fully saturated rings. The number of hydrogen-bond acceptors (Lipinski definition) is 7. The van der Waals surface area contributed by atoms with Crippen molar-refractivity contribution in [2.45, 2.75) is 45.3 Å². The highest BCUT2D eigenvalue weighted by molar-refractivity contribution is 7.09. The molecule has 1 saturated heterocycles. The first-order valence-corrected chi connectivity index (χ1v) is 11.2. The van der Waals surface area contributed by atoms with Gasteiger partial charge >= 0.3 is 0 Å². The van der Waals surface area contributed by atoms with E-state index in [1.54, 1.807) is 31.6 Å². The minimum Gasteiger partial charge on any atom is -0.497 e. The molecule has 168 valence electrons. The molecule has 31 heavy (non-hydrogen) atoms. The number of carbonyl (C=O) groups is 2. The molecule has 2 N–H and O–H groups in total. The predicted molar refractivity (Wildman–Crippen MR) is 119 cm³/mol. The largest absolute Gasteiger partial charge is 0.497 e. The van der Waals surface area contributed by atoms with Gasteiger partial charge in [-0.25, -0.2) is 4.98 Å². The molecular weight excluding hydrogens is 416 g/mol. The fourth-order valence-corrected chi connectivity index (χ4v) is 4.31. The van der Waals surface area contributed by atoms with Crippen molar-refractivity contribution in [1.82, 2.24) is 20.5 Å². The van der Waals surface area contributed by atoms with Gasteiger partial charge in [0.25, 0.3) is 0 Å². The first-order chi connectivity index (χ1) is 14.9. The highest BCUT2D eigenvalue weighted by Gasteiger charge is 2.31. The second kappa shape index (κ2) is 10.6. The van der Waals surface area contributed by atoms with Crippen LogP contribution in [0.1, 0.15) is 42.5 Å². The zero-order valence-corrected chi connectivity index (χ0v) is 19.3. The quantitative estimate of drug-likeness (QED) is 0.614. The zero-order valence-electron chi connectivity index (χ0n) is 18.4. The van der Waals surface area contributed by atoms with E-state index in [1.165, 1.54) is 0 Å². The fourth-order valence-electron chi connectivity index (χ4n) is 3.47. The summed E-state index contributed by atoms with van der Waals surface area (Å²) >= 11 is 1.60. The van der Waals surface area contributed by atoms with Crippen molar-refractivity contribution in [2.75, 3.05) is 27.3 Å². The van der Waals surface area contributed by atoms with Crippen molar-refractivity contribution in [1.29, 1.82) is 0 Å². The molecule has 1 aromatic carbocycles. The van der Waals surface area contributed by atoms with Gasteiger partial charge in [0.05, 0.1) is 43.9 Å². The van der Waals surface area contributed by atoms with E-state index in [-0.39, 0.29) is 18.2 Å². The highest BCUT2D eigenvalue weighted by Crippen LogP contribution is 2.25. The van der Waals surface area contributed by atoms with Gasteiger partial charge in [-0.1, -0.05) is 13.8 Å². The first kappa shape index (κ1) is 23.0. The molecule has 1 atom stereocenters. The Balaban J connectivity index is 1.63. The van der Waals surface area contributed by atoms with Crippen LogP contribution >= 0.6 is 11.3 Å². The van der Waals surface area contributed by atoms with E-state index in [1.807, 2.05) is 22.4 Å². The molecule has 2 amide bonds. The number of benzene rings is 1. The fraction of sp³-hybridized carbons (Fsp3) is 0.500. The molecule has 0 bridgehead atoms. The van der Waals surface area contributed by atoms with Crippen LogP contribution in [0.15, 0.2) is 23.6 Å². The van der Waals surface area contributed by atoms with E-state index in [4.69, 9.17) is 9.47 Å². The Morgan fingerprint density at radius 2 is 2.00 bits per heavy atom. The summed E-state index contributed by atoms with van der Waals surface area (Å²) in [7, 11) is 3.21. The molecule has 0 radical (unpaired) electrons. The molecule has 0 aliphatic carbocycles.